The summed E-state index contributed by atoms with van der Waals surface area (Å²) in [5.41, 5.74) is 6.34. The number of amides is 3. The van der Waals surface area contributed by atoms with Crippen molar-refractivity contribution in [3.63, 3.8) is 0 Å². The molecule has 14 heteroatoms. The van der Waals surface area contributed by atoms with Crippen LogP contribution in [-0.4, -0.2) is 80.2 Å². The number of hydrogen-bond acceptors (Lipinski definition) is 8. The number of carboxylic acid groups (broad SMARTS) is 3. The van der Waals surface area contributed by atoms with Crippen LogP contribution in [0.3, 0.4) is 0 Å². The monoisotopic (exact) mass is 510 g/mol. The number of benzene rings is 1. The summed E-state index contributed by atoms with van der Waals surface area (Å²) in [6.45, 7) is 3.37. The fourth-order valence-electron chi connectivity index (χ4n) is 2.95. The first kappa shape index (κ1) is 29.8. The van der Waals surface area contributed by atoms with Crippen LogP contribution in [0.5, 0.6) is 5.75 Å². The molecule has 1 rings (SSSR count). The van der Waals surface area contributed by atoms with Crippen molar-refractivity contribution >= 4 is 35.6 Å². The summed E-state index contributed by atoms with van der Waals surface area (Å²) >= 11 is 0. The maximum atomic E-state index is 13.0. The van der Waals surface area contributed by atoms with Gasteiger partial charge in [-0.1, -0.05) is 26.0 Å². The van der Waals surface area contributed by atoms with Crippen molar-refractivity contribution in [2.24, 2.45) is 11.7 Å². The minimum absolute atomic E-state index is 0.0434. The van der Waals surface area contributed by atoms with E-state index in [4.69, 9.17) is 21.1 Å². The number of hydrogen-bond donors (Lipinski definition) is 8. The van der Waals surface area contributed by atoms with Crippen LogP contribution in [0.2, 0.25) is 0 Å². The van der Waals surface area contributed by atoms with Crippen molar-refractivity contribution in [2.75, 3.05) is 0 Å². The number of aliphatic carboxylic acids is 3. The fraction of sp³-hybridized carbons (Fsp3) is 0.455. The first-order chi connectivity index (χ1) is 16.7. The highest BCUT2D eigenvalue weighted by molar-refractivity contribution is 5.96. The predicted octanol–water partition coefficient (Wildman–Crippen LogP) is -1.59. The van der Waals surface area contributed by atoms with Crippen molar-refractivity contribution in [1.29, 1.82) is 0 Å². The molecule has 9 N–H and O–H groups in total. The van der Waals surface area contributed by atoms with E-state index < -0.39 is 72.6 Å². The second kappa shape index (κ2) is 13.6. The topological polar surface area (TPSA) is 245 Å². The van der Waals surface area contributed by atoms with Gasteiger partial charge in [-0.2, -0.15) is 0 Å². The third-order valence-electron chi connectivity index (χ3n) is 5.04. The van der Waals surface area contributed by atoms with Gasteiger partial charge in [0.15, 0.2) is 0 Å². The number of aromatic hydroxyl groups is 1. The summed E-state index contributed by atoms with van der Waals surface area (Å²) in [5.74, 6) is -7.94. The van der Waals surface area contributed by atoms with E-state index in [9.17, 15) is 33.9 Å². The Balaban J connectivity index is 3.16. The van der Waals surface area contributed by atoms with Crippen molar-refractivity contribution in [1.82, 2.24) is 16.0 Å². The zero-order chi connectivity index (χ0) is 27.6. The number of nitrogens with two attached hydrogens (primary N) is 1. The molecule has 198 valence electrons. The van der Waals surface area contributed by atoms with E-state index >= 15 is 0 Å². The van der Waals surface area contributed by atoms with Gasteiger partial charge in [-0.3, -0.25) is 24.0 Å². The third kappa shape index (κ3) is 9.97. The zero-order valence-electron chi connectivity index (χ0n) is 19.6. The van der Waals surface area contributed by atoms with Crippen LogP contribution < -0.4 is 21.7 Å². The summed E-state index contributed by atoms with van der Waals surface area (Å²) in [7, 11) is 0. The van der Waals surface area contributed by atoms with Gasteiger partial charge in [0.1, 0.15) is 23.9 Å². The van der Waals surface area contributed by atoms with Gasteiger partial charge in [0.25, 0.3) is 0 Å². The van der Waals surface area contributed by atoms with E-state index in [1.54, 1.807) is 13.8 Å². The summed E-state index contributed by atoms with van der Waals surface area (Å²) in [4.78, 5) is 71.5. The van der Waals surface area contributed by atoms with E-state index in [-0.39, 0.29) is 18.1 Å². The SMILES string of the molecule is CC(C)C(N)C(=O)NC(Cc1ccc(O)cc1)C(=O)NC(CC(=O)O)C(=O)NC(CC(=O)O)C(=O)O. The number of carbonyl (C=O) groups excluding carboxylic acids is 3. The van der Waals surface area contributed by atoms with Gasteiger partial charge in [0.05, 0.1) is 18.9 Å². The molecule has 1 aromatic carbocycles. The zero-order valence-corrected chi connectivity index (χ0v) is 19.6. The standard InChI is InChI=1S/C22H30N4O10/c1-10(2)18(23)21(34)25-13(7-11-3-5-12(27)6-4-11)19(32)24-14(8-16(28)29)20(33)26-15(22(35)36)9-17(30)31/h3-6,10,13-15,18,27H,7-9,23H2,1-2H3,(H,24,32)(H,25,34)(H,26,33)(H,28,29)(H,30,31)(H,35,36). The molecule has 3 amide bonds. The van der Waals surface area contributed by atoms with Gasteiger partial charge in [0, 0.05) is 6.42 Å². The molecule has 0 aliphatic heterocycles. The Morgan fingerprint density at radius 2 is 1.19 bits per heavy atom. The predicted molar refractivity (Wildman–Crippen MR) is 123 cm³/mol. The van der Waals surface area contributed by atoms with Crippen LogP contribution in [0.1, 0.15) is 32.3 Å². The number of carboxylic acids is 3. The molecule has 4 unspecified atom stereocenters. The molecule has 0 spiro atoms. The first-order valence-corrected chi connectivity index (χ1v) is 10.8. The van der Waals surface area contributed by atoms with Gasteiger partial charge < -0.3 is 42.1 Å². The highest BCUT2D eigenvalue weighted by Gasteiger charge is 2.32. The quantitative estimate of drug-likeness (QED) is 0.142. The van der Waals surface area contributed by atoms with E-state index in [0.717, 1.165) is 0 Å². The average Bonchev–Trinajstić information content (AvgIpc) is 2.77. The van der Waals surface area contributed by atoms with Gasteiger partial charge >= 0.3 is 17.9 Å². The third-order valence-corrected chi connectivity index (χ3v) is 5.04. The second-order valence-electron chi connectivity index (χ2n) is 8.36. The van der Waals surface area contributed by atoms with Gasteiger partial charge in [-0.25, -0.2) is 4.79 Å². The number of rotatable bonds is 14. The molecule has 14 nitrogen and oxygen atoms in total. The van der Waals surface area contributed by atoms with Crippen LogP contribution >= 0.6 is 0 Å². The van der Waals surface area contributed by atoms with Gasteiger partial charge in [-0.05, 0) is 23.6 Å². The molecule has 0 fully saturated rings. The minimum atomic E-state index is -1.88. The average molecular weight is 511 g/mol. The second-order valence-corrected chi connectivity index (χ2v) is 8.36. The summed E-state index contributed by atoms with van der Waals surface area (Å²) in [5, 5.41) is 43.1. The maximum Gasteiger partial charge on any atom is 0.326 e. The lowest BCUT2D eigenvalue weighted by Crippen LogP contribution is -2.58. The molecule has 0 saturated heterocycles. The molecule has 0 aliphatic rings. The molecule has 0 heterocycles. The normalized spacial score (nSPS) is 14.1. The molecule has 0 aliphatic carbocycles. The molecular formula is C22H30N4O10. The van der Waals surface area contributed by atoms with Crippen LogP contribution in [0, 0.1) is 5.92 Å². The van der Waals surface area contributed by atoms with E-state index in [1.165, 1.54) is 24.3 Å². The molecule has 0 radical (unpaired) electrons. The van der Waals surface area contributed by atoms with Crippen LogP contribution in [0.4, 0.5) is 0 Å². The van der Waals surface area contributed by atoms with Gasteiger partial charge in [0.2, 0.25) is 17.7 Å². The smallest absolute Gasteiger partial charge is 0.326 e. The van der Waals surface area contributed by atoms with Crippen molar-refractivity contribution < 1.29 is 49.2 Å². The Hall–Kier alpha value is -4.20. The Labute approximate surface area is 205 Å². The lowest BCUT2D eigenvalue weighted by atomic mass is 10.0. The van der Waals surface area contributed by atoms with Crippen molar-refractivity contribution in [3.05, 3.63) is 29.8 Å². The summed E-state index contributed by atoms with van der Waals surface area (Å²) < 4.78 is 0. The largest absolute Gasteiger partial charge is 0.508 e. The molecular weight excluding hydrogens is 480 g/mol. The molecule has 0 saturated carbocycles. The van der Waals surface area contributed by atoms with Crippen LogP contribution in [0.25, 0.3) is 0 Å². The number of phenols is 1. The van der Waals surface area contributed by atoms with E-state index in [0.29, 0.717) is 5.56 Å². The Morgan fingerprint density at radius 3 is 1.67 bits per heavy atom. The molecule has 4 atom stereocenters. The first-order valence-electron chi connectivity index (χ1n) is 10.8. The Morgan fingerprint density at radius 1 is 0.750 bits per heavy atom. The number of nitrogens with one attached hydrogen (secondary N) is 3. The lowest BCUT2D eigenvalue weighted by molar-refractivity contribution is -0.148. The fourth-order valence-corrected chi connectivity index (χ4v) is 2.95. The molecule has 36 heavy (non-hydrogen) atoms. The van der Waals surface area contributed by atoms with Crippen LogP contribution in [-0.2, 0) is 35.2 Å². The molecule has 0 aromatic heterocycles. The van der Waals surface area contributed by atoms with Crippen molar-refractivity contribution in [3.8, 4) is 5.75 Å². The molecule has 0 bridgehead atoms. The summed E-state index contributed by atoms with van der Waals surface area (Å²) in [6.07, 6.45) is -2.06. The van der Waals surface area contributed by atoms with Crippen LogP contribution in [0.15, 0.2) is 24.3 Å². The highest BCUT2D eigenvalue weighted by atomic mass is 16.4. The Kier molecular flexibility index (Phi) is 11.3. The number of carbonyl (C=O) groups is 6. The molecule has 1 aromatic rings. The highest BCUT2D eigenvalue weighted by Crippen LogP contribution is 2.12. The minimum Gasteiger partial charge on any atom is -0.508 e. The summed E-state index contributed by atoms with van der Waals surface area (Å²) in [6, 6.07) is -0.314. The maximum absolute atomic E-state index is 13.0. The Bertz CT molecular complexity index is 980. The van der Waals surface area contributed by atoms with E-state index in [1.807, 2.05) is 5.32 Å². The number of phenolic OH excluding ortho intramolecular Hbond substituents is 1. The van der Waals surface area contributed by atoms with Gasteiger partial charge in [-0.15, -0.1) is 0 Å². The van der Waals surface area contributed by atoms with E-state index in [2.05, 4.69) is 10.6 Å². The lowest BCUT2D eigenvalue weighted by Gasteiger charge is -2.25. The van der Waals surface area contributed by atoms with Crippen molar-refractivity contribution in [2.45, 2.75) is 57.3 Å².